The summed E-state index contributed by atoms with van der Waals surface area (Å²) in [5.74, 6) is 0.660. The molecule has 2 saturated carbocycles. The lowest BCUT2D eigenvalue weighted by atomic mass is 9.54. The maximum absolute atomic E-state index is 14.8. The second kappa shape index (κ2) is 8.75. The van der Waals surface area contributed by atoms with Crippen LogP contribution in [0.1, 0.15) is 102 Å². The lowest BCUT2D eigenvalue weighted by Gasteiger charge is -2.50. The second-order valence-corrected chi connectivity index (χ2v) is 9.26. The Morgan fingerprint density at radius 3 is 2.21 bits per heavy atom. The Labute approximate surface area is 167 Å². The highest BCUT2D eigenvalue weighted by Crippen LogP contribution is 2.57. The zero-order chi connectivity index (χ0) is 20.4. The molecule has 2 fully saturated rings. The van der Waals surface area contributed by atoms with Crippen molar-refractivity contribution in [2.45, 2.75) is 96.6 Å². The van der Waals surface area contributed by atoms with Crippen LogP contribution in [0.3, 0.4) is 0 Å². The summed E-state index contributed by atoms with van der Waals surface area (Å²) in [5, 5.41) is 0. The molecule has 0 spiro atoms. The summed E-state index contributed by atoms with van der Waals surface area (Å²) in [5.41, 5.74) is -0.375. The molecular weight excluding hydrogens is 364 g/mol. The van der Waals surface area contributed by atoms with Crippen LogP contribution in [0.25, 0.3) is 0 Å². The first-order valence-electron chi connectivity index (χ1n) is 11.1. The maximum Gasteiger partial charge on any atom is 0.416 e. The van der Waals surface area contributed by atoms with Crippen molar-refractivity contribution in [3.63, 3.8) is 0 Å². The topological polar surface area (TPSA) is 0 Å². The highest BCUT2D eigenvalue weighted by Gasteiger charge is 2.46. The van der Waals surface area contributed by atoms with Gasteiger partial charge in [0, 0.05) is 0 Å². The lowest BCUT2D eigenvalue weighted by Crippen LogP contribution is -2.40. The first-order valence-corrected chi connectivity index (χ1v) is 11.1. The predicted octanol–water partition coefficient (Wildman–Crippen LogP) is 8.51. The molecule has 2 aliphatic carbocycles. The SMILES string of the molecule is CCCC1CCC(C2(C(C)c3ccc(C(F)(F)F)cc3F)CCCCC2)CC1. The summed E-state index contributed by atoms with van der Waals surface area (Å²) >= 11 is 0. The molecule has 0 heterocycles. The van der Waals surface area contributed by atoms with Gasteiger partial charge >= 0.3 is 6.18 Å². The van der Waals surface area contributed by atoms with Crippen molar-refractivity contribution >= 4 is 0 Å². The van der Waals surface area contributed by atoms with Crippen molar-refractivity contribution in [1.29, 1.82) is 0 Å². The van der Waals surface area contributed by atoms with Gasteiger partial charge in [0.05, 0.1) is 5.56 Å². The Bertz CT molecular complexity index is 634. The molecule has 0 aromatic heterocycles. The zero-order valence-corrected chi connectivity index (χ0v) is 17.3. The van der Waals surface area contributed by atoms with E-state index in [0.717, 1.165) is 37.7 Å². The van der Waals surface area contributed by atoms with Gasteiger partial charge in [-0.2, -0.15) is 13.2 Å². The number of benzene rings is 1. The van der Waals surface area contributed by atoms with Crippen LogP contribution < -0.4 is 0 Å². The quantitative estimate of drug-likeness (QED) is 0.436. The Morgan fingerprint density at radius 2 is 1.68 bits per heavy atom. The van der Waals surface area contributed by atoms with Gasteiger partial charge in [0.2, 0.25) is 0 Å². The summed E-state index contributed by atoms with van der Waals surface area (Å²) in [4.78, 5) is 0. The molecule has 0 amide bonds. The predicted molar refractivity (Wildman–Crippen MR) is 106 cm³/mol. The van der Waals surface area contributed by atoms with Crippen LogP contribution in [-0.2, 0) is 6.18 Å². The van der Waals surface area contributed by atoms with E-state index in [-0.39, 0.29) is 11.3 Å². The minimum Gasteiger partial charge on any atom is -0.207 e. The third-order valence-corrected chi connectivity index (χ3v) is 7.80. The molecule has 3 rings (SSSR count). The monoisotopic (exact) mass is 398 g/mol. The van der Waals surface area contributed by atoms with E-state index in [0.29, 0.717) is 17.5 Å². The highest BCUT2D eigenvalue weighted by molar-refractivity contribution is 5.30. The van der Waals surface area contributed by atoms with Crippen molar-refractivity contribution in [3.05, 3.63) is 35.1 Å². The van der Waals surface area contributed by atoms with Gasteiger partial charge in [-0.3, -0.25) is 0 Å². The van der Waals surface area contributed by atoms with E-state index in [1.54, 1.807) is 0 Å². The molecule has 0 radical (unpaired) electrons. The minimum atomic E-state index is -4.50. The lowest BCUT2D eigenvalue weighted by molar-refractivity contribution is -0.137. The van der Waals surface area contributed by atoms with Gasteiger partial charge in [-0.15, -0.1) is 0 Å². The average Bonchev–Trinajstić information content (AvgIpc) is 2.68. The van der Waals surface area contributed by atoms with Gasteiger partial charge in [-0.05, 0) is 66.5 Å². The first-order chi connectivity index (χ1) is 13.3. The normalized spacial score (nSPS) is 26.8. The van der Waals surface area contributed by atoms with E-state index in [1.165, 1.54) is 51.0 Å². The van der Waals surface area contributed by atoms with Crippen LogP contribution in [0.4, 0.5) is 17.6 Å². The van der Waals surface area contributed by atoms with Gasteiger partial charge in [0.15, 0.2) is 0 Å². The van der Waals surface area contributed by atoms with Gasteiger partial charge in [0.1, 0.15) is 5.82 Å². The van der Waals surface area contributed by atoms with Crippen molar-refractivity contribution < 1.29 is 17.6 Å². The summed E-state index contributed by atoms with van der Waals surface area (Å²) in [7, 11) is 0. The smallest absolute Gasteiger partial charge is 0.207 e. The zero-order valence-electron chi connectivity index (χ0n) is 17.3. The van der Waals surface area contributed by atoms with E-state index in [4.69, 9.17) is 0 Å². The Morgan fingerprint density at radius 1 is 1.04 bits per heavy atom. The summed E-state index contributed by atoms with van der Waals surface area (Å²) in [6.07, 6.45) is 8.60. The third kappa shape index (κ3) is 4.41. The van der Waals surface area contributed by atoms with Crippen LogP contribution in [-0.4, -0.2) is 0 Å². The summed E-state index contributed by atoms with van der Waals surface area (Å²) in [6, 6.07) is 3.16. The fourth-order valence-corrected chi connectivity index (χ4v) is 6.20. The fraction of sp³-hybridized carbons (Fsp3) is 0.750. The number of hydrogen-bond acceptors (Lipinski definition) is 0. The van der Waals surface area contributed by atoms with Crippen molar-refractivity contribution in [2.75, 3.05) is 0 Å². The summed E-state index contributed by atoms with van der Waals surface area (Å²) < 4.78 is 53.6. The van der Waals surface area contributed by atoms with Crippen LogP contribution in [0.2, 0.25) is 0 Å². The van der Waals surface area contributed by atoms with Crippen LogP contribution in [0, 0.1) is 23.1 Å². The third-order valence-electron chi connectivity index (χ3n) is 7.80. The minimum absolute atomic E-state index is 0.0377. The van der Waals surface area contributed by atoms with Gasteiger partial charge in [-0.25, -0.2) is 4.39 Å². The number of rotatable bonds is 5. The molecule has 0 bridgehead atoms. The molecule has 1 aromatic carbocycles. The second-order valence-electron chi connectivity index (χ2n) is 9.26. The molecule has 1 unspecified atom stereocenters. The Hall–Kier alpha value is -1.06. The molecule has 4 heteroatoms. The molecule has 0 nitrogen and oxygen atoms in total. The molecule has 158 valence electrons. The van der Waals surface area contributed by atoms with Gasteiger partial charge in [0.25, 0.3) is 0 Å². The largest absolute Gasteiger partial charge is 0.416 e. The van der Waals surface area contributed by atoms with E-state index in [9.17, 15) is 17.6 Å². The Balaban J connectivity index is 1.85. The molecule has 0 aliphatic heterocycles. The first kappa shape index (κ1) is 21.6. The van der Waals surface area contributed by atoms with Crippen LogP contribution >= 0.6 is 0 Å². The molecular formula is C24H34F4. The molecule has 2 aliphatic rings. The molecule has 0 N–H and O–H groups in total. The van der Waals surface area contributed by atoms with Crippen LogP contribution in [0.15, 0.2) is 18.2 Å². The Kier molecular flexibility index (Phi) is 6.76. The van der Waals surface area contributed by atoms with E-state index in [1.807, 2.05) is 0 Å². The standard InChI is InChI=1S/C24H34F4/c1-3-7-18-8-10-19(11-9-18)23(14-5-4-6-15-23)17(2)21-13-12-20(16-22(21)25)24(26,27)28/h12-13,16-19H,3-11,14-15H2,1-2H3. The number of alkyl halides is 3. The van der Waals surface area contributed by atoms with E-state index >= 15 is 0 Å². The van der Waals surface area contributed by atoms with E-state index < -0.39 is 17.6 Å². The number of hydrogen-bond donors (Lipinski definition) is 0. The summed E-state index contributed by atoms with van der Waals surface area (Å²) in [6.45, 7) is 4.30. The van der Waals surface area contributed by atoms with Gasteiger partial charge in [-0.1, -0.05) is 64.9 Å². The van der Waals surface area contributed by atoms with Crippen LogP contribution in [0.5, 0.6) is 0 Å². The highest BCUT2D eigenvalue weighted by atomic mass is 19.4. The van der Waals surface area contributed by atoms with Gasteiger partial charge < -0.3 is 0 Å². The van der Waals surface area contributed by atoms with Crippen molar-refractivity contribution in [2.24, 2.45) is 17.3 Å². The van der Waals surface area contributed by atoms with Crippen molar-refractivity contribution in [1.82, 2.24) is 0 Å². The molecule has 1 atom stereocenters. The number of halogens is 4. The average molecular weight is 399 g/mol. The fourth-order valence-electron chi connectivity index (χ4n) is 6.20. The molecule has 28 heavy (non-hydrogen) atoms. The van der Waals surface area contributed by atoms with Crippen molar-refractivity contribution in [3.8, 4) is 0 Å². The molecule has 1 aromatic rings. The maximum atomic E-state index is 14.8. The molecule has 0 saturated heterocycles. The van der Waals surface area contributed by atoms with E-state index in [2.05, 4.69) is 13.8 Å².